The quantitative estimate of drug-likeness (QED) is 0.520. The lowest BCUT2D eigenvalue weighted by molar-refractivity contribution is 0.626. The van der Waals surface area contributed by atoms with Gasteiger partial charge in [0.05, 0.1) is 0 Å². The fourth-order valence-electron chi connectivity index (χ4n) is 4.60. The maximum Gasteiger partial charge on any atom is 0.0309 e. The average molecular weight is 302 g/mol. The zero-order valence-corrected chi connectivity index (χ0v) is 14.6. The molecule has 110 valence electrons. The van der Waals surface area contributed by atoms with Crippen LogP contribution in [-0.2, 0) is 0 Å². The minimum atomic E-state index is 0.0711. The van der Waals surface area contributed by atoms with Crippen LogP contribution in [0.3, 0.4) is 0 Å². The van der Waals surface area contributed by atoms with Crippen molar-refractivity contribution in [2.24, 2.45) is 0 Å². The van der Waals surface area contributed by atoms with E-state index in [1.165, 1.54) is 40.7 Å². The molecule has 2 aromatic rings. The van der Waals surface area contributed by atoms with Crippen LogP contribution >= 0.6 is 0 Å². The molecule has 0 radical (unpaired) electrons. The van der Waals surface area contributed by atoms with Crippen molar-refractivity contribution in [3.63, 3.8) is 0 Å². The minimum Gasteiger partial charge on any atom is -0.119 e. The lowest BCUT2D eigenvalue weighted by atomic mass is 9.84. The van der Waals surface area contributed by atoms with Crippen molar-refractivity contribution in [3.05, 3.63) is 83.1 Å². The van der Waals surface area contributed by atoms with Crippen LogP contribution in [0.1, 0.15) is 46.9 Å². The van der Waals surface area contributed by atoms with E-state index in [1.807, 2.05) is 0 Å². The van der Waals surface area contributed by atoms with Gasteiger partial charge in [-0.25, -0.2) is 0 Å². The van der Waals surface area contributed by atoms with E-state index >= 15 is 0 Å². The normalized spacial score (nSPS) is 26.2. The van der Waals surface area contributed by atoms with E-state index in [0.717, 1.165) is 5.54 Å². The summed E-state index contributed by atoms with van der Waals surface area (Å²) in [5.41, 5.74) is 11.2. The first-order valence-electron chi connectivity index (χ1n) is 8.42. The molecule has 1 fully saturated rings. The fraction of sp³-hybridized carbons (Fsp3) is 0.286. The van der Waals surface area contributed by atoms with Gasteiger partial charge in [0.1, 0.15) is 0 Å². The van der Waals surface area contributed by atoms with Gasteiger partial charge in [0, 0.05) is 15.1 Å². The summed E-state index contributed by atoms with van der Waals surface area (Å²) in [7, 11) is 0.0711. The van der Waals surface area contributed by atoms with E-state index < -0.39 is 0 Å². The maximum absolute atomic E-state index is 3.99. The SMILES string of the molecule is C=C=C1c2ccccc2C2CC([SiH2]C)CC2c2ccccc21. The summed E-state index contributed by atoms with van der Waals surface area (Å²) in [6, 6.07) is 17.9. The molecule has 0 aliphatic heterocycles. The van der Waals surface area contributed by atoms with Crippen molar-refractivity contribution in [1.82, 2.24) is 0 Å². The van der Waals surface area contributed by atoms with Crippen LogP contribution in [0, 0.1) is 0 Å². The predicted octanol–water partition coefficient (Wildman–Crippen LogP) is 4.88. The van der Waals surface area contributed by atoms with Crippen molar-refractivity contribution in [1.29, 1.82) is 0 Å². The molecular formula is C21H22Si. The molecule has 0 N–H and O–H groups in total. The van der Waals surface area contributed by atoms with Crippen LogP contribution in [0.4, 0.5) is 0 Å². The molecule has 0 spiro atoms. The largest absolute Gasteiger partial charge is 0.119 e. The molecule has 0 aromatic heterocycles. The summed E-state index contributed by atoms with van der Waals surface area (Å²) in [4.78, 5) is 0. The third kappa shape index (κ3) is 1.97. The first kappa shape index (κ1) is 13.8. The van der Waals surface area contributed by atoms with Crippen molar-refractivity contribution < 1.29 is 0 Å². The van der Waals surface area contributed by atoms with Crippen LogP contribution in [0.2, 0.25) is 12.1 Å². The van der Waals surface area contributed by atoms with Crippen LogP contribution < -0.4 is 0 Å². The van der Waals surface area contributed by atoms with Crippen molar-refractivity contribution >= 4 is 15.1 Å². The molecule has 2 unspecified atom stereocenters. The van der Waals surface area contributed by atoms with Crippen molar-refractivity contribution in [3.8, 4) is 0 Å². The Morgan fingerprint density at radius 2 is 1.41 bits per heavy atom. The Kier molecular flexibility index (Phi) is 3.41. The minimum absolute atomic E-state index is 0.0711. The molecular weight excluding hydrogens is 280 g/mol. The predicted molar refractivity (Wildman–Crippen MR) is 97.4 cm³/mol. The summed E-state index contributed by atoms with van der Waals surface area (Å²) >= 11 is 0. The molecule has 0 bridgehead atoms. The Morgan fingerprint density at radius 3 is 1.86 bits per heavy atom. The van der Waals surface area contributed by atoms with Crippen molar-refractivity contribution in [2.75, 3.05) is 0 Å². The molecule has 22 heavy (non-hydrogen) atoms. The van der Waals surface area contributed by atoms with Gasteiger partial charge >= 0.3 is 0 Å². The van der Waals surface area contributed by atoms with E-state index in [1.54, 1.807) is 0 Å². The van der Waals surface area contributed by atoms with E-state index in [-0.39, 0.29) is 9.52 Å². The van der Waals surface area contributed by atoms with E-state index in [0.29, 0.717) is 11.8 Å². The van der Waals surface area contributed by atoms with Crippen molar-refractivity contribution in [2.45, 2.75) is 36.8 Å². The monoisotopic (exact) mass is 302 g/mol. The number of rotatable bonds is 1. The highest BCUT2D eigenvalue weighted by molar-refractivity contribution is 6.35. The Balaban J connectivity index is 2.01. The molecule has 0 heterocycles. The standard InChI is InChI=1S/C21H22Si/c1-3-15-16-8-4-6-10-18(16)20-12-14(22-2)13-21(20)19-11-7-5-9-17(15)19/h4-11,14,20-21H,1,12-13,22H2,2H3. The number of benzene rings is 2. The van der Waals surface area contributed by atoms with Gasteiger partial charge in [-0.1, -0.05) is 67.2 Å². The summed E-state index contributed by atoms with van der Waals surface area (Å²) < 4.78 is 0. The fourth-order valence-corrected chi connectivity index (χ4v) is 5.98. The highest BCUT2D eigenvalue weighted by Gasteiger charge is 2.39. The van der Waals surface area contributed by atoms with Crippen LogP contribution in [0.25, 0.3) is 5.57 Å². The van der Waals surface area contributed by atoms with Crippen LogP contribution in [-0.4, -0.2) is 9.52 Å². The Labute approximate surface area is 135 Å². The van der Waals surface area contributed by atoms with Gasteiger partial charge in [-0.05, 0) is 46.9 Å². The zero-order chi connectivity index (χ0) is 15.1. The number of fused-ring (bicyclic) bond motifs is 5. The number of hydrogen-bond donors (Lipinski definition) is 0. The smallest absolute Gasteiger partial charge is 0.0309 e. The average Bonchev–Trinajstić information content (AvgIpc) is 2.96. The topological polar surface area (TPSA) is 0 Å². The summed E-state index contributed by atoms with van der Waals surface area (Å²) in [5.74, 6) is 1.36. The summed E-state index contributed by atoms with van der Waals surface area (Å²) in [6.07, 6.45) is 2.76. The Morgan fingerprint density at radius 1 is 0.909 bits per heavy atom. The third-order valence-electron chi connectivity index (χ3n) is 5.67. The van der Waals surface area contributed by atoms with Gasteiger partial charge in [-0.2, -0.15) is 0 Å². The highest BCUT2D eigenvalue weighted by atomic mass is 28.2. The van der Waals surface area contributed by atoms with E-state index in [9.17, 15) is 0 Å². The van der Waals surface area contributed by atoms with Gasteiger partial charge < -0.3 is 0 Å². The van der Waals surface area contributed by atoms with E-state index in [2.05, 4.69) is 67.4 Å². The third-order valence-corrected chi connectivity index (χ3v) is 7.49. The summed E-state index contributed by atoms with van der Waals surface area (Å²) in [5, 5.41) is 0. The van der Waals surface area contributed by atoms with Gasteiger partial charge in [0.2, 0.25) is 0 Å². The number of hydrogen-bond acceptors (Lipinski definition) is 0. The van der Waals surface area contributed by atoms with Crippen LogP contribution in [0.15, 0.2) is 60.8 Å². The zero-order valence-electron chi connectivity index (χ0n) is 13.2. The molecule has 0 saturated heterocycles. The first-order chi connectivity index (χ1) is 10.8. The second-order valence-electron chi connectivity index (χ2n) is 6.68. The molecule has 2 aliphatic carbocycles. The molecule has 2 aromatic carbocycles. The van der Waals surface area contributed by atoms with E-state index in [4.69, 9.17) is 0 Å². The molecule has 1 heteroatoms. The Bertz CT molecular complexity index is 709. The highest BCUT2D eigenvalue weighted by Crippen LogP contribution is 2.55. The first-order valence-corrected chi connectivity index (χ1v) is 10.6. The molecule has 0 amide bonds. The van der Waals surface area contributed by atoms with Gasteiger partial charge in [-0.15, -0.1) is 5.73 Å². The van der Waals surface area contributed by atoms with Gasteiger partial charge in [0.15, 0.2) is 0 Å². The molecule has 0 nitrogen and oxygen atoms in total. The second-order valence-corrected chi connectivity index (χ2v) is 8.66. The molecule has 4 rings (SSSR count). The molecule has 2 aliphatic rings. The van der Waals surface area contributed by atoms with Crippen LogP contribution in [0.5, 0.6) is 0 Å². The lowest BCUT2D eigenvalue weighted by Crippen LogP contribution is -2.04. The van der Waals surface area contributed by atoms with Gasteiger partial charge in [0.25, 0.3) is 0 Å². The summed E-state index contributed by atoms with van der Waals surface area (Å²) in [6.45, 7) is 6.47. The maximum atomic E-state index is 3.99. The molecule has 1 saturated carbocycles. The Hall–Kier alpha value is -1.82. The second kappa shape index (κ2) is 5.42. The molecule has 2 atom stereocenters. The van der Waals surface area contributed by atoms with Gasteiger partial charge in [-0.3, -0.25) is 0 Å². The lowest BCUT2D eigenvalue weighted by Gasteiger charge is -2.19.